The molecule has 2 fully saturated rings. The van der Waals surface area contributed by atoms with Crippen LogP contribution in [0.4, 0.5) is 0 Å². The Morgan fingerprint density at radius 2 is 2.00 bits per heavy atom. The van der Waals surface area contributed by atoms with Crippen LogP contribution in [-0.4, -0.2) is 52.7 Å². The largest absolute Gasteiger partial charge is 0.490 e. The zero-order valence-corrected chi connectivity index (χ0v) is 22.5. The first kappa shape index (κ1) is 25.0. The lowest BCUT2D eigenvalue weighted by Gasteiger charge is -2.54. The monoisotopic (exact) mass is 493 g/mol. The van der Waals surface area contributed by atoms with Gasteiger partial charge in [-0.3, -0.25) is 4.79 Å². The molecule has 1 spiro atoms. The fourth-order valence-corrected chi connectivity index (χ4v) is 6.08. The molecule has 2 saturated heterocycles. The van der Waals surface area contributed by atoms with Gasteiger partial charge < -0.3 is 19.1 Å². The van der Waals surface area contributed by atoms with Gasteiger partial charge in [-0.1, -0.05) is 26.0 Å². The maximum atomic E-state index is 13.3. The number of ether oxygens (including phenoxy) is 3. The van der Waals surface area contributed by atoms with Crippen LogP contribution in [0.15, 0.2) is 24.4 Å². The normalized spacial score (nSPS) is 24.1. The van der Waals surface area contributed by atoms with E-state index >= 15 is 0 Å². The van der Waals surface area contributed by atoms with Crippen molar-refractivity contribution in [3.8, 4) is 11.5 Å². The van der Waals surface area contributed by atoms with Gasteiger partial charge in [0, 0.05) is 36.7 Å². The van der Waals surface area contributed by atoms with Crippen LogP contribution >= 0.6 is 0 Å². The van der Waals surface area contributed by atoms with Crippen molar-refractivity contribution in [3.05, 3.63) is 47.0 Å². The van der Waals surface area contributed by atoms with Crippen molar-refractivity contribution in [1.29, 1.82) is 0 Å². The fraction of sp³-hybridized carbons (Fsp3) is 0.621. The molecular weight excluding hydrogens is 454 g/mol. The van der Waals surface area contributed by atoms with E-state index in [-0.39, 0.29) is 34.9 Å². The van der Waals surface area contributed by atoms with Crippen LogP contribution in [0.3, 0.4) is 0 Å². The van der Waals surface area contributed by atoms with Gasteiger partial charge in [-0.05, 0) is 58.4 Å². The number of carbonyl (C=O) groups excluding carboxylic acids is 1. The number of aryl methyl sites for hydroxylation is 1. The number of fused-ring (bicyclic) bond motifs is 3. The number of benzene rings is 1. The smallest absolute Gasteiger partial charge is 0.257 e. The van der Waals surface area contributed by atoms with Crippen molar-refractivity contribution in [2.45, 2.75) is 78.4 Å². The number of nitrogens with zero attached hydrogens (tertiary/aromatic N) is 3. The highest BCUT2D eigenvalue weighted by Gasteiger charge is 2.53. The second-order valence-corrected chi connectivity index (χ2v) is 11.5. The lowest BCUT2D eigenvalue weighted by molar-refractivity contribution is -0.173. The average Bonchev–Trinajstić information content (AvgIpc) is 2.85. The Labute approximate surface area is 214 Å². The van der Waals surface area contributed by atoms with E-state index in [1.807, 2.05) is 30.9 Å². The molecule has 0 unspecified atom stereocenters. The molecule has 5 rings (SSSR count). The Morgan fingerprint density at radius 3 is 2.67 bits per heavy atom. The number of hydrogen-bond donors (Lipinski definition) is 0. The van der Waals surface area contributed by atoms with Gasteiger partial charge in [0.15, 0.2) is 11.5 Å². The van der Waals surface area contributed by atoms with Gasteiger partial charge in [0.1, 0.15) is 11.4 Å². The molecule has 7 nitrogen and oxygen atoms in total. The Morgan fingerprint density at radius 1 is 1.25 bits per heavy atom. The molecule has 1 aromatic heterocycles. The predicted molar refractivity (Wildman–Crippen MR) is 138 cm³/mol. The molecule has 0 saturated carbocycles. The summed E-state index contributed by atoms with van der Waals surface area (Å²) in [5.74, 6) is 2.90. The number of aromatic nitrogens is 2. The van der Waals surface area contributed by atoms with Crippen molar-refractivity contribution in [1.82, 2.24) is 14.9 Å². The Kier molecular flexibility index (Phi) is 6.48. The van der Waals surface area contributed by atoms with Gasteiger partial charge in [-0.2, -0.15) is 0 Å². The molecule has 1 amide bonds. The molecule has 3 aliphatic rings. The van der Waals surface area contributed by atoms with Crippen molar-refractivity contribution in [2.75, 3.05) is 26.3 Å². The lowest BCUT2D eigenvalue weighted by Crippen LogP contribution is -2.54. The number of piperidine rings is 1. The predicted octanol–water partition coefficient (Wildman–Crippen LogP) is 5.48. The van der Waals surface area contributed by atoms with Crippen molar-refractivity contribution in [3.63, 3.8) is 0 Å². The van der Waals surface area contributed by atoms with Crippen LogP contribution in [0.2, 0.25) is 0 Å². The number of carbonyl (C=O) groups is 1. The summed E-state index contributed by atoms with van der Waals surface area (Å²) in [5, 5.41) is 0. The first-order valence-electron chi connectivity index (χ1n) is 13.3. The summed E-state index contributed by atoms with van der Waals surface area (Å²) < 4.78 is 19.1. The molecule has 3 aliphatic heterocycles. The summed E-state index contributed by atoms with van der Waals surface area (Å²) in [6, 6.07) is 6.11. The Bertz CT molecular complexity index is 1140. The van der Waals surface area contributed by atoms with E-state index in [9.17, 15) is 4.79 Å². The molecular formula is C29H39N3O4. The van der Waals surface area contributed by atoms with E-state index in [0.29, 0.717) is 18.8 Å². The summed E-state index contributed by atoms with van der Waals surface area (Å²) in [7, 11) is 0. The molecule has 36 heavy (non-hydrogen) atoms. The quantitative estimate of drug-likeness (QED) is 0.562. The van der Waals surface area contributed by atoms with Crippen LogP contribution in [0.1, 0.15) is 93.3 Å². The third-order valence-electron chi connectivity index (χ3n) is 8.32. The third-order valence-corrected chi connectivity index (χ3v) is 8.32. The van der Waals surface area contributed by atoms with E-state index in [0.717, 1.165) is 60.9 Å². The molecule has 0 bridgehead atoms. The summed E-state index contributed by atoms with van der Waals surface area (Å²) in [4.78, 5) is 24.3. The van der Waals surface area contributed by atoms with E-state index in [4.69, 9.17) is 14.2 Å². The molecule has 7 heteroatoms. The van der Waals surface area contributed by atoms with Gasteiger partial charge >= 0.3 is 0 Å². The zero-order valence-electron chi connectivity index (χ0n) is 22.5. The highest BCUT2D eigenvalue weighted by molar-refractivity contribution is 5.95. The number of amides is 1. The lowest BCUT2D eigenvalue weighted by atomic mass is 9.64. The number of likely N-dealkylation sites (tertiary alicyclic amines) is 1. The first-order chi connectivity index (χ1) is 17.1. The second kappa shape index (κ2) is 9.33. The Hall–Kier alpha value is -2.67. The summed E-state index contributed by atoms with van der Waals surface area (Å²) in [6.45, 7) is 15.1. The van der Waals surface area contributed by atoms with Gasteiger partial charge in [-0.15, -0.1) is 0 Å². The van der Waals surface area contributed by atoms with Crippen LogP contribution in [-0.2, 0) is 4.74 Å². The molecule has 194 valence electrons. The standard InChI is InChI=1S/C29H39N3O4/c1-7-34-23-10-8-9-20-24-22(28(5,6)36-25(20)23)15-29(17-35-24)11-13-32(14-12-29)27(33)21-16-30-26(18(2)3)31-19(21)4/h8-10,16,18,22,24H,7,11-15,17H2,1-6H3/t22-,24+/m0/s1. The molecule has 0 aliphatic carbocycles. The topological polar surface area (TPSA) is 73.8 Å². The molecule has 2 atom stereocenters. The number of rotatable bonds is 4. The SMILES string of the molecule is CCOc1cccc2c1OC(C)(C)[C@H]1CC3(CCN(C(=O)c4cnc(C(C)C)nc4C)CC3)CO[C@H]21. The van der Waals surface area contributed by atoms with Crippen LogP contribution in [0, 0.1) is 18.3 Å². The number of hydrogen-bond acceptors (Lipinski definition) is 6. The van der Waals surface area contributed by atoms with E-state index in [1.54, 1.807) is 6.20 Å². The first-order valence-corrected chi connectivity index (χ1v) is 13.3. The van der Waals surface area contributed by atoms with Crippen LogP contribution in [0.25, 0.3) is 0 Å². The van der Waals surface area contributed by atoms with Crippen LogP contribution < -0.4 is 9.47 Å². The van der Waals surface area contributed by atoms with Gasteiger partial charge in [0.25, 0.3) is 5.91 Å². The average molecular weight is 494 g/mol. The summed E-state index contributed by atoms with van der Waals surface area (Å²) >= 11 is 0. The minimum atomic E-state index is -0.377. The minimum absolute atomic E-state index is 0.00582. The fourth-order valence-electron chi connectivity index (χ4n) is 6.08. The maximum Gasteiger partial charge on any atom is 0.257 e. The third kappa shape index (κ3) is 4.36. The molecule has 0 N–H and O–H groups in total. The molecule has 0 radical (unpaired) electrons. The number of para-hydroxylation sites is 1. The van der Waals surface area contributed by atoms with Gasteiger partial charge in [0.05, 0.1) is 30.6 Å². The molecule has 2 aromatic rings. The Balaban J connectivity index is 1.30. The van der Waals surface area contributed by atoms with Gasteiger partial charge in [-0.25, -0.2) is 9.97 Å². The van der Waals surface area contributed by atoms with Gasteiger partial charge in [0.2, 0.25) is 0 Å². The van der Waals surface area contributed by atoms with E-state index in [2.05, 4.69) is 43.7 Å². The second-order valence-electron chi connectivity index (χ2n) is 11.5. The highest BCUT2D eigenvalue weighted by Crippen LogP contribution is 2.57. The van der Waals surface area contributed by atoms with E-state index in [1.165, 1.54) is 0 Å². The van der Waals surface area contributed by atoms with E-state index < -0.39 is 0 Å². The van der Waals surface area contributed by atoms with Crippen molar-refractivity contribution < 1.29 is 19.0 Å². The maximum absolute atomic E-state index is 13.3. The van der Waals surface area contributed by atoms with Crippen LogP contribution in [0.5, 0.6) is 11.5 Å². The zero-order chi connectivity index (χ0) is 25.7. The highest BCUT2D eigenvalue weighted by atomic mass is 16.5. The molecule has 4 heterocycles. The molecule has 1 aromatic carbocycles. The summed E-state index contributed by atoms with van der Waals surface area (Å²) in [5.41, 5.74) is 2.14. The minimum Gasteiger partial charge on any atom is -0.490 e. The van der Waals surface area contributed by atoms with Crippen molar-refractivity contribution >= 4 is 5.91 Å². The summed E-state index contributed by atoms with van der Waals surface area (Å²) in [6.07, 6.45) is 4.57. The van der Waals surface area contributed by atoms with Crippen molar-refractivity contribution in [2.24, 2.45) is 11.3 Å².